The zero-order valence-corrected chi connectivity index (χ0v) is 13.7. The van der Waals surface area contributed by atoms with Crippen molar-refractivity contribution >= 4 is 17.5 Å². The first-order chi connectivity index (χ1) is 10.7. The van der Waals surface area contributed by atoms with Crippen molar-refractivity contribution in [1.82, 2.24) is 5.32 Å². The van der Waals surface area contributed by atoms with Crippen molar-refractivity contribution in [3.63, 3.8) is 0 Å². The molecule has 1 heterocycles. The van der Waals surface area contributed by atoms with Crippen LogP contribution in [0.5, 0.6) is 11.5 Å². The van der Waals surface area contributed by atoms with Crippen LogP contribution >= 0.6 is 11.6 Å². The topological polar surface area (TPSA) is 56.8 Å². The van der Waals surface area contributed by atoms with Gasteiger partial charge in [0.25, 0.3) is 5.91 Å². The summed E-state index contributed by atoms with van der Waals surface area (Å²) in [6.07, 6.45) is 2.99. The van der Waals surface area contributed by atoms with E-state index in [-0.39, 0.29) is 12.0 Å². The molecule has 1 atom stereocenters. The molecule has 1 aliphatic rings. The molecule has 22 heavy (non-hydrogen) atoms. The summed E-state index contributed by atoms with van der Waals surface area (Å²) in [5.41, 5.74) is 0.448. The molecule has 1 N–H and O–H groups in total. The molecular weight excluding hydrogens is 306 g/mol. The minimum Gasteiger partial charge on any atom is -0.493 e. The van der Waals surface area contributed by atoms with Gasteiger partial charge in [-0.3, -0.25) is 4.79 Å². The molecule has 1 saturated heterocycles. The number of ether oxygens (including phenoxy) is 3. The van der Waals surface area contributed by atoms with Gasteiger partial charge in [-0.15, -0.1) is 0 Å². The second-order valence-electron chi connectivity index (χ2n) is 5.18. The summed E-state index contributed by atoms with van der Waals surface area (Å²) in [7, 11) is 1.53. The highest BCUT2D eigenvalue weighted by molar-refractivity contribution is 6.32. The molecule has 0 aliphatic carbocycles. The van der Waals surface area contributed by atoms with Crippen LogP contribution in [0.1, 0.15) is 36.5 Å². The van der Waals surface area contributed by atoms with Crippen molar-refractivity contribution in [2.45, 2.75) is 32.3 Å². The van der Waals surface area contributed by atoms with Gasteiger partial charge in [0.05, 0.1) is 24.8 Å². The number of hydrogen-bond donors (Lipinski definition) is 1. The molecule has 1 fully saturated rings. The van der Waals surface area contributed by atoms with Gasteiger partial charge < -0.3 is 19.5 Å². The molecule has 0 spiro atoms. The van der Waals surface area contributed by atoms with Gasteiger partial charge in [0.2, 0.25) is 0 Å². The molecule has 1 aromatic rings. The third kappa shape index (κ3) is 4.27. The Morgan fingerprint density at radius 1 is 1.50 bits per heavy atom. The highest BCUT2D eigenvalue weighted by atomic mass is 35.5. The normalized spacial score (nSPS) is 17.3. The molecule has 1 unspecified atom stereocenters. The van der Waals surface area contributed by atoms with Crippen LogP contribution in [0.4, 0.5) is 0 Å². The molecule has 5 nitrogen and oxygen atoms in total. The molecule has 122 valence electrons. The van der Waals surface area contributed by atoms with E-state index in [1.807, 2.05) is 6.92 Å². The zero-order valence-electron chi connectivity index (χ0n) is 13.0. The van der Waals surface area contributed by atoms with E-state index < -0.39 is 0 Å². The van der Waals surface area contributed by atoms with E-state index in [0.29, 0.717) is 35.2 Å². The Morgan fingerprint density at radius 3 is 2.95 bits per heavy atom. The summed E-state index contributed by atoms with van der Waals surface area (Å²) < 4.78 is 16.3. The van der Waals surface area contributed by atoms with Crippen LogP contribution in [0, 0.1) is 0 Å². The highest BCUT2D eigenvalue weighted by Crippen LogP contribution is 2.36. The standard InChI is InChI=1S/C16H22ClNO4/c1-3-6-22-15-13(17)8-11(9-14(15)20-2)16(19)18-10-12-5-4-7-21-12/h8-9,12H,3-7,10H2,1-2H3,(H,18,19). The van der Waals surface area contributed by atoms with Crippen LogP contribution in [0.25, 0.3) is 0 Å². The molecule has 0 aromatic heterocycles. The van der Waals surface area contributed by atoms with Crippen molar-refractivity contribution in [2.24, 2.45) is 0 Å². The van der Waals surface area contributed by atoms with Crippen LogP contribution in [0.3, 0.4) is 0 Å². The first-order valence-corrected chi connectivity index (χ1v) is 7.93. The first-order valence-electron chi connectivity index (χ1n) is 7.55. The van der Waals surface area contributed by atoms with Gasteiger partial charge in [-0.25, -0.2) is 0 Å². The maximum Gasteiger partial charge on any atom is 0.251 e. The predicted octanol–water partition coefficient (Wildman–Crippen LogP) is 3.05. The van der Waals surface area contributed by atoms with Crippen LogP contribution in [-0.2, 0) is 4.74 Å². The van der Waals surface area contributed by atoms with E-state index in [4.69, 9.17) is 25.8 Å². The number of nitrogens with one attached hydrogen (secondary N) is 1. The summed E-state index contributed by atoms with van der Waals surface area (Å²) in [6, 6.07) is 3.24. The minimum absolute atomic E-state index is 0.105. The molecule has 1 aromatic carbocycles. The van der Waals surface area contributed by atoms with E-state index in [1.54, 1.807) is 12.1 Å². The fraction of sp³-hybridized carbons (Fsp3) is 0.562. The average molecular weight is 328 g/mol. The molecule has 1 amide bonds. The van der Waals surface area contributed by atoms with Crippen LogP contribution < -0.4 is 14.8 Å². The summed E-state index contributed by atoms with van der Waals surface area (Å²) in [5.74, 6) is 0.739. The van der Waals surface area contributed by atoms with E-state index in [9.17, 15) is 4.79 Å². The molecule has 1 aliphatic heterocycles. The third-order valence-corrected chi connectivity index (χ3v) is 3.74. The third-order valence-electron chi connectivity index (χ3n) is 3.46. The molecule has 2 rings (SSSR count). The number of hydrogen-bond acceptors (Lipinski definition) is 4. The van der Waals surface area contributed by atoms with Crippen molar-refractivity contribution in [3.05, 3.63) is 22.7 Å². The van der Waals surface area contributed by atoms with Crippen LogP contribution in [0.2, 0.25) is 5.02 Å². The minimum atomic E-state index is -0.197. The molecule has 0 saturated carbocycles. The average Bonchev–Trinajstić information content (AvgIpc) is 3.04. The number of methoxy groups -OCH3 is 1. The number of amides is 1. The van der Waals surface area contributed by atoms with Crippen molar-refractivity contribution in [2.75, 3.05) is 26.9 Å². The van der Waals surface area contributed by atoms with Gasteiger partial charge in [-0.2, -0.15) is 0 Å². The van der Waals surface area contributed by atoms with Crippen molar-refractivity contribution in [3.8, 4) is 11.5 Å². The van der Waals surface area contributed by atoms with E-state index in [0.717, 1.165) is 25.9 Å². The zero-order chi connectivity index (χ0) is 15.9. The largest absolute Gasteiger partial charge is 0.493 e. The Hall–Kier alpha value is -1.46. The number of rotatable bonds is 7. The molecule has 0 bridgehead atoms. The Bertz CT molecular complexity index is 515. The summed E-state index contributed by atoms with van der Waals surface area (Å²) >= 11 is 6.21. The van der Waals surface area contributed by atoms with Gasteiger partial charge in [0.15, 0.2) is 11.5 Å². The number of carbonyl (C=O) groups is 1. The lowest BCUT2D eigenvalue weighted by Crippen LogP contribution is -2.31. The quantitative estimate of drug-likeness (QED) is 0.836. The lowest BCUT2D eigenvalue weighted by Gasteiger charge is -2.15. The maximum atomic E-state index is 12.2. The maximum absolute atomic E-state index is 12.2. The second kappa shape index (κ2) is 8.25. The number of benzene rings is 1. The lowest BCUT2D eigenvalue weighted by molar-refractivity contribution is 0.0857. The fourth-order valence-electron chi connectivity index (χ4n) is 2.31. The predicted molar refractivity (Wildman–Crippen MR) is 85.1 cm³/mol. The Balaban J connectivity index is 2.06. The van der Waals surface area contributed by atoms with Gasteiger partial charge in [-0.1, -0.05) is 18.5 Å². The van der Waals surface area contributed by atoms with Gasteiger partial charge in [0, 0.05) is 18.7 Å². The van der Waals surface area contributed by atoms with Crippen LogP contribution in [-0.4, -0.2) is 38.9 Å². The number of halogens is 1. The number of carbonyl (C=O) groups excluding carboxylic acids is 1. The molecule has 6 heteroatoms. The second-order valence-corrected chi connectivity index (χ2v) is 5.59. The highest BCUT2D eigenvalue weighted by Gasteiger charge is 2.19. The summed E-state index contributed by atoms with van der Waals surface area (Å²) in [5, 5.41) is 3.23. The van der Waals surface area contributed by atoms with E-state index in [2.05, 4.69) is 5.32 Å². The van der Waals surface area contributed by atoms with Gasteiger partial charge >= 0.3 is 0 Å². The monoisotopic (exact) mass is 327 g/mol. The summed E-state index contributed by atoms with van der Waals surface area (Å²) in [6.45, 7) is 3.82. The van der Waals surface area contributed by atoms with Crippen molar-refractivity contribution in [1.29, 1.82) is 0 Å². The molecular formula is C16H22ClNO4. The molecule has 0 radical (unpaired) electrons. The SMILES string of the molecule is CCCOc1c(Cl)cc(C(=O)NCC2CCCO2)cc1OC. The van der Waals surface area contributed by atoms with Gasteiger partial charge in [-0.05, 0) is 31.4 Å². The van der Waals surface area contributed by atoms with E-state index in [1.165, 1.54) is 7.11 Å². The Morgan fingerprint density at radius 2 is 2.32 bits per heavy atom. The van der Waals surface area contributed by atoms with Gasteiger partial charge in [0.1, 0.15) is 0 Å². The van der Waals surface area contributed by atoms with Crippen molar-refractivity contribution < 1.29 is 19.0 Å². The summed E-state index contributed by atoms with van der Waals surface area (Å²) in [4.78, 5) is 12.2. The van der Waals surface area contributed by atoms with Crippen LogP contribution in [0.15, 0.2) is 12.1 Å². The lowest BCUT2D eigenvalue weighted by atomic mass is 10.1. The Labute approximate surface area is 135 Å². The fourth-order valence-corrected chi connectivity index (χ4v) is 2.57. The van der Waals surface area contributed by atoms with E-state index >= 15 is 0 Å². The first kappa shape index (κ1) is 16.9. The Kier molecular flexibility index (Phi) is 6.34. The smallest absolute Gasteiger partial charge is 0.251 e.